The molecule has 0 bridgehead atoms. The summed E-state index contributed by atoms with van der Waals surface area (Å²) in [7, 11) is 0. The van der Waals surface area contributed by atoms with E-state index >= 15 is 4.39 Å². The first-order valence-electron chi connectivity index (χ1n) is 11.1. The van der Waals surface area contributed by atoms with Crippen molar-refractivity contribution in [3.63, 3.8) is 0 Å². The summed E-state index contributed by atoms with van der Waals surface area (Å²) in [4.78, 5) is 31.0. The smallest absolute Gasteiger partial charge is 0.277 e. The maximum absolute atomic E-state index is 15.8. The lowest BCUT2D eigenvalue weighted by molar-refractivity contribution is 0.0360. The molecule has 4 aromatic heterocycles. The van der Waals surface area contributed by atoms with E-state index < -0.39 is 17.0 Å². The molecule has 0 radical (unpaired) electrons. The quantitative estimate of drug-likeness (QED) is 0.507. The largest absolute Gasteiger partial charge is 0.306 e. The zero-order valence-corrected chi connectivity index (χ0v) is 19.1. The summed E-state index contributed by atoms with van der Waals surface area (Å²) < 4.78 is 32.0. The summed E-state index contributed by atoms with van der Waals surface area (Å²) in [6, 6.07) is 3.44. The van der Waals surface area contributed by atoms with E-state index in [4.69, 9.17) is 0 Å². The molecule has 4 aromatic rings. The van der Waals surface area contributed by atoms with Crippen molar-refractivity contribution in [1.82, 2.24) is 29.2 Å². The first-order chi connectivity index (χ1) is 15.6. The Morgan fingerprint density at radius 1 is 1.06 bits per heavy atom. The van der Waals surface area contributed by atoms with Crippen LogP contribution in [0.5, 0.6) is 0 Å². The number of pyridine rings is 2. The molecule has 1 fully saturated rings. The lowest BCUT2D eigenvalue weighted by atomic mass is 9.91. The molecule has 172 valence electrons. The molecule has 0 aromatic carbocycles. The standard InChI is InChI=1S/C24H26F2N6O/c1-13(2)31-7-5-24(26,6-8-31)23-29-19-14(3)9-18(28-20(19)22(33)30-23)16-10-17(25)21-27-15(4)11-32(21)12-16/h9-13H,5-8H2,1-4H3,(H,29,30,33). The number of alkyl halides is 1. The summed E-state index contributed by atoms with van der Waals surface area (Å²) in [6.07, 6.45) is 3.99. The number of imidazole rings is 1. The van der Waals surface area contributed by atoms with E-state index in [9.17, 15) is 9.18 Å². The SMILES string of the molecule is Cc1cn2cc(-c3cc(C)c4nc(C5(F)CCN(C(C)C)CC5)[nH]c(=O)c4n3)cc(F)c2n1. The van der Waals surface area contributed by atoms with Gasteiger partial charge in [-0.2, -0.15) is 0 Å². The second kappa shape index (κ2) is 7.69. The van der Waals surface area contributed by atoms with Crippen molar-refractivity contribution in [2.75, 3.05) is 13.1 Å². The number of fused-ring (bicyclic) bond motifs is 2. The Bertz CT molecular complexity index is 1430. The molecule has 0 spiro atoms. The van der Waals surface area contributed by atoms with Crippen LogP contribution < -0.4 is 5.56 Å². The summed E-state index contributed by atoms with van der Waals surface area (Å²) in [6.45, 7) is 8.97. The highest BCUT2D eigenvalue weighted by molar-refractivity contribution is 5.81. The van der Waals surface area contributed by atoms with E-state index in [1.807, 2.05) is 0 Å². The fourth-order valence-corrected chi connectivity index (χ4v) is 4.58. The van der Waals surface area contributed by atoms with Crippen molar-refractivity contribution in [3.8, 4) is 11.3 Å². The van der Waals surface area contributed by atoms with E-state index in [2.05, 4.69) is 38.7 Å². The average Bonchev–Trinajstić information content (AvgIpc) is 3.15. The maximum Gasteiger partial charge on any atom is 0.277 e. The van der Waals surface area contributed by atoms with Crippen LogP contribution in [0.1, 0.15) is 43.8 Å². The van der Waals surface area contributed by atoms with Gasteiger partial charge in [-0.3, -0.25) is 4.79 Å². The van der Waals surface area contributed by atoms with Crippen molar-refractivity contribution in [1.29, 1.82) is 0 Å². The molecule has 9 heteroatoms. The number of aromatic nitrogens is 5. The lowest BCUT2D eigenvalue weighted by Gasteiger charge is -2.37. The Morgan fingerprint density at radius 2 is 1.79 bits per heavy atom. The lowest BCUT2D eigenvalue weighted by Crippen LogP contribution is -2.44. The van der Waals surface area contributed by atoms with E-state index in [1.165, 1.54) is 6.07 Å². The van der Waals surface area contributed by atoms with Gasteiger partial charge in [-0.25, -0.2) is 23.7 Å². The fourth-order valence-electron chi connectivity index (χ4n) is 4.58. The number of rotatable bonds is 3. The summed E-state index contributed by atoms with van der Waals surface area (Å²) in [5.74, 6) is -0.419. The van der Waals surface area contributed by atoms with Crippen LogP contribution in [0, 0.1) is 19.7 Å². The van der Waals surface area contributed by atoms with Crippen LogP contribution in [0.15, 0.2) is 29.3 Å². The Morgan fingerprint density at radius 3 is 2.48 bits per heavy atom. The van der Waals surface area contributed by atoms with Gasteiger partial charge in [-0.15, -0.1) is 0 Å². The third-order valence-electron chi connectivity index (χ3n) is 6.52. The van der Waals surface area contributed by atoms with Crippen molar-refractivity contribution in [2.45, 2.75) is 52.2 Å². The third kappa shape index (κ3) is 3.70. The number of hydrogen-bond acceptors (Lipinski definition) is 5. The van der Waals surface area contributed by atoms with Gasteiger partial charge < -0.3 is 14.3 Å². The Labute approximate surface area is 189 Å². The molecule has 5 heterocycles. The number of hydrogen-bond donors (Lipinski definition) is 1. The van der Waals surface area contributed by atoms with Crippen LogP contribution >= 0.6 is 0 Å². The molecule has 1 N–H and O–H groups in total. The minimum Gasteiger partial charge on any atom is -0.306 e. The van der Waals surface area contributed by atoms with E-state index in [-0.39, 0.29) is 29.8 Å². The van der Waals surface area contributed by atoms with Crippen LogP contribution in [0.25, 0.3) is 27.9 Å². The number of piperidine rings is 1. The number of nitrogens with one attached hydrogen (secondary N) is 1. The average molecular weight is 453 g/mol. The number of aromatic amines is 1. The molecule has 1 aliphatic heterocycles. The molecule has 33 heavy (non-hydrogen) atoms. The van der Waals surface area contributed by atoms with Gasteiger partial charge in [-0.05, 0) is 45.4 Å². The molecule has 7 nitrogen and oxygen atoms in total. The summed E-state index contributed by atoms with van der Waals surface area (Å²) in [5.41, 5.74) is 0.839. The van der Waals surface area contributed by atoms with Gasteiger partial charge >= 0.3 is 0 Å². The van der Waals surface area contributed by atoms with Gasteiger partial charge in [-0.1, -0.05) is 0 Å². The number of nitrogens with zero attached hydrogens (tertiary/aromatic N) is 5. The summed E-state index contributed by atoms with van der Waals surface area (Å²) in [5, 5.41) is 0. The van der Waals surface area contributed by atoms with Gasteiger partial charge in [0.05, 0.1) is 16.9 Å². The van der Waals surface area contributed by atoms with Crippen LogP contribution in [0.3, 0.4) is 0 Å². The molecule has 0 atom stereocenters. The number of H-pyrrole nitrogens is 1. The molecule has 0 aliphatic carbocycles. The molecular weight excluding hydrogens is 426 g/mol. The second-order valence-corrected chi connectivity index (χ2v) is 9.22. The first-order valence-corrected chi connectivity index (χ1v) is 11.1. The van der Waals surface area contributed by atoms with E-state index in [0.29, 0.717) is 47.2 Å². The number of likely N-dealkylation sites (tertiary alicyclic amines) is 1. The van der Waals surface area contributed by atoms with Crippen LogP contribution in [-0.2, 0) is 5.67 Å². The van der Waals surface area contributed by atoms with E-state index in [0.717, 1.165) is 0 Å². The van der Waals surface area contributed by atoms with Crippen LogP contribution in [0.2, 0.25) is 0 Å². The monoisotopic (exact) mass is 452 g/mol. The molecule has 5 rings (SSSR count). The topological polar surface area (TPSA) is 79.2 Å². The highest BCUT2D eigenvalue weighted by Crippen LogP contribution is 2.36. The minimum atomic E-state index is -1.68. The zero-order valence-electron chi connectivity index (χ0n) is 19.1. The first kappa shape index (κ1) is 21.6. The zero-order chi connectivity index (χ0) is 23.5. The normalized spacial score (nSPS) is 16.8. The van der Waals surface area contributed by atoms with Crippen LogP contribution in [-0.4, -0.2) is 48.4 Å². The van der Waals surface area contributed by atoms with Gasteiger partial charge in [0, 0.05) is 49.9 Å². The Kier molecular flexibility index (Phi) is 5.04. The predicted octanol–water partition coefficient (Wildman–Crippen LogP) is 4.06. The van der Waals surface area contributed by atoms with Crippen molar-refractivity contribution in [3.05, 3.63) is 57.8 Å². The number of halogens is 2. The fraction of sp³-hybridized carbons (Fsp3) is 0.417. The second-order valence-electron chi connectivity index (χ2n) is 9.22. The number of aryl methyl sites for hydroxylation is 2. The van der Waals surface area contributed by atoms with Gasteiger partial charge in [0.1, 0.15) is 5.82 Å². The minimum absolute atomic E-state index is 0.0578. The van der Waals surface area contributed by atoms with Crippen molar-refractivity contribution < 1.29 is 8.78 Å². The highest BCUT2D eigenvalue weighted by Gasteiger charge is 2.39. The molecule has 0 saturated carbocycles. The third-order valence-corrected chi connectivity index (χ3v) is 6.52. The Hall–Kier alpha value is -3.20. The molecule has 0 unspecified atom stereocenters. The van der Waals surface area contributed by atoms with Gasteiger partial charge in [0.25, 0.3) is 5.56 Å². The predicted molar refractivity (Wildman–Crippen MR) is 123 cm³/mol. The van der Waals surface area contributed by atoms with E-state index in [1.54, 1.807) is 36.7 Å². The van der Waals surface area contributed by atoms with Gasteiger partial charge in [0.2, 0.25) is 0 Å². The molecule has 0 amide bonds. The Balaban J connectivity index is 1.57. The van der Waals surface area contributed by atoms with Crippen LogP contribution in [0.4, 0.5) is 8.78 Å². The van der Waals surface area contributed by atoms with Crippen molar-refractivity contribution >= 4 is 16.7 Å². The molecule has 1 aliphatic rings. The van der Waals surface area contributed by atoms with Crippen molar-refractivity contribution in [2.24, 2.45) is 0 Å². The molecular formula is C24H26F2N6O. The van der Waals surface area contributed by atoms with Gasteiger partial charge in [0.15, 0.2) is 22.6 Å². The summed E-state index contributed by atoms with van der Waals surface area (Å²) >= 11 is 0. The highest BCUT2D eigenvalue weighted by atomic mass is 19.1. The maximum atomic E-state index is 15.8. The molecule has 1 saturated heterocycles.